The average molecular weight is 306 g/mol. The fourth-order valence-corrected chi connectivity index (χ4v) is 3.70. The van der Waals surface area contributed by atoms with Crippen molar-refractivity contribution in [3.05, 3.63) is 16.3 Å². The molecule has 0 unspecified atom stereocenters. The highest BCUT2D eigenvalue weighted by Gasteiger charge is 2.15. The lowest BCUT2D eigenvalue weighted by Gasteiger charge is -2.20. The zero-order chi connectivity index (χ0) is 15.4. The summed E-state index contributed by atoms with van der Waals surface area (Å²) in [6.45, 7) is 11.8. The highest BCUT2D eigenvalue weighted by Crippen LogP contribution is 2.33. The van der Waals surface area contributed by atoms with Crippen molar-refractivity contribution in [1.82, 2.24) is 14.9 Å². The van der Waals surface area contributed by atoms with E-state index in [0.717, 1.165) is 36.1 Å². The SMILES string of the molecule is CCCN(CCC)Cc1nc(NC)c2c(C)c(C)sc2n1. The minimum absolute atomic E-state index is 0.836. The van der Waals surface area contributed by atoms with Crippen LogP contribution in [0, 0.1) is 13.8 Å². The summed E-state index contributed by atoms with van der Waals surface area (Å²) in [6.07, 6.45) is 2.33. The van der Waals surface area contributed by atoms with E-state index in [1.807, 2.05) is 7.05 Å². The van der Waals surface area contributed by atoms with Crippen molar-refractivity contribution in [3.63, 3.8) is 0 Å². The standard InChI is InChI=1S/C16H26N4S/c1-6-8-20(9-7-2)10-13-18-15(17-5)14-11(3)12(4)21-16(14)19-13/h6-10H2,1-5H3,(H,17,18,19). The van der Waals surface area contributed by atoms with Gasteiger partial charge in [0.25, 0.3) is 0 Å². The van der Waals surface area contributed by atoms with E-state index in [0.29, 0.717) is 0 Å². The monoisotopic (exact) mass is 306 g/mol. The molecule has 0 aliphatic rings. The van der Waals surface area contributed by atoms with Gasteiger partial charge < -0.3 is 5.32 Å². The Bertz CT molecular complexity index is 600. The Morgan fingerprint density at radius 2 is 1.76 bits per heavy atom. The van der Waals surface area contributed by atoms with E-state index in [1.165, 1.54) is 28.7 Å². The van der Waals surface area contributed by atoms with E-state index in [-0.39, 0.29) is 0 Å². The number of nitrogens with zero attached hydrogens (tertiary/aromatic N) is 3. The maximum absolute atomic E-state index is 4.80. The van der Waals surface area contributed by atoms with Gasteiger partial charge in [0.05, 0.1) is 11.9 Å². The van der Waals surface area contributed by atoms with Crippen molar-refractivity contribution in [3.8, 4) is 0 Å². The third-order valence-electron chi connectivity index (χ3n) is 3.76. The zero-order valence-corrected chi connectivity index (χ0v) is 14.6. The lowest BCUT2D eigenvalue weighted by atomic mass is 10.2. The Kier molecular flexibility index (Phi) is 5.53. The highest BCUT2D eigenvalue weighted by molar-refractivity contribution is 7.18. The Morgan fingerprint density at radius 1 is 1.10 bits per heavy atom. The molecule has 116 valence electrons. The summed E-state index contributed by atoms with van der Waals surface area (Å²) in [7, 11) is 1.94. The molecule has 1 N–H and O–H groups in total. The predicted octanol–water partition coefficient (Wildman–Crippen LogP) is 3.97. The summed E-state index contributed by atoms with van der Waals surface area (Å²) in [5, 5.41) is 4.42. The van der Waals surface area contributed by atoms with E-state index in [4.69, 9.17) is 9.97 Å². The molecule has 0 saturated carbocycles. The van der Waals surface area contributed by atoms with E-state index >= 15 is 0 Å². The summed E-state index contributed by atoms with van der Waals surface area (Å²) in [4.78, 5) is 14.4. The van der Waals surface area contributed by atoms with E-state index in [9.17, 15) is 0 Å². The van der Waals surface area contributed by atoms with Crippen molar-refractivity contribution in [2.45, 2.75) is 47.1 Å². The van der Waals surface area contributed by atoms with Crippen LogP contribution in [0.2, 0.25) is 0 Å². The second kappa shape index (κ2) is 7.18. The lowest BCUT2D eigenvalue weighted by molar-refractivity contribution is 0.260. The Hall–Kier alpha value is -1.20. The van der Waals surface area contributed by atoms with Crippen molar-refractivity contribution >= 4 is 27.4 Å². The minimum atomic E-state index is 0.836. The van der Waals surface area contributed by atoms with Gasteiger partial charge in [-0.2, -0.15) is 0 Å². The van der Waals surface area contributed by atoms with Gasteiger partial charge in [0, 0.05) is 11.9 Å². The second-order valence-corrected chi connectivity index (χ2v) is 6.68. The Morgan fingerprint density at radius 3 is 2.33 bits per heavy atom. The van der Waals surface area contributed by atoms with Crippen molar-refractivity contribution in [2.24, 2.45) is 0 Å². The molecule has 0 fully saturated rings. The number of anilines is 1. The molecule has 0 aliphatic heterocycles. The molecule has 0 saturated heterocycles. The summed E-state index contributed by atoms with van der Waals surface area (Å²) >= 11 is 1.77. The fourth-order valence-electron chi connectivity index (χ4n) is 2.65. The first-order valence-electron chi connectivity index (χ1n) is 7.77. The van der Waals surface area contributed by atoms with Crippen LogP contribution < -0.4 is 5.32 Å². The number of aryl methyl sites for hydroxylation is 2. The van der Waals surface area contributed by atoms with E-state index in [2.05, 4.69) is 37.9 Å². The molecule has 5 heteroatoms. The molecule has 0 bridgehead atoms. The van der Waals surface area contributed by atoms with Crippen LogP contribution >= 0.6 is 11.3 Å². The average Bonchev–Trinajstić information content (AvgIpc) is 2.74. The maximum Gasteiger partial charge on any atom is 0.146 e. The normalized spacial score (nSPS) is 11.5. The van der Waals surface area contributed by atoms with Crippen molar-refractivity contribution in [2.75, 3.05) is 25.5 Å². The van der Waals surface area contributed by atoms with Gasteiger partial charge in [0.2, 0.25) is 0 Å². The Labute approximate surface area is 131 Å². The van der Waals surface area contributed by atoms with Gasteiger partial charge in [-0.05, 0) is 45.3 Å². The lowest BCUT2D eigenvalue weighted by Crippen LogP contribution is -2.26. The fraction of sp³-hybridized carbons (Fsp3) is 0.625. The molecule has 4 nitrogen and oxygen atoms in total. The van der Waals surface area contributed by atoms with Crippen LogP contribution in [0.4, 0.5) is 5.82 Å². The van der Waals surface area contributed by atoms with Gasteiger partial charge >= 0.3 is 0 Å². The molecule has 0 spiro atoms. The zero-order valence-electron chi connectivity index (χ0n) is 13.8. The third kappa shape index (κ3) is 3.52. The number of rotatable bonds is 7. The third-order valence-corrected chi connectivity index (χ3v) is 4.86. The molecule has 2 rings (SSSR count). The number of hydrogen-bond acceptors (Lipinski definition) is 5. The van der Waals surface area contributed by atoms with Gasteiger partial charge in [-0.25, -0.2) is 9.97 Å². The minimum Gasteiger partial charge on any atom is -0.372 e. The van der Waals surface area contributed by atoms with Crippen molar-refractivity contribution in [1.29, 1.82) is 0 Å². The van der Waals surface area contributed by atoms with E-state index < -0.39 is 0 Å². The van der Waals surface area contributed by atoms with Gasteiger partial charge in [0.15, 0.2) is 0 Å². The summed E-state index contributed by atoms with van der Waals surface area (Å²) in [5.41, 5.74) is 1.30. The first-order chi connectivity index (χ1) is 10.1. The highest BCUT2D eigenvalue weighted by atomic mass is 32.1. The smallest absolute Gasteiger partial charge is 0.146 e. The molecule has 2 heterocycles. The largest absolute Gasteiger partial charge is 0.372 e. The summed E-state index contributed by atoms with van der Waals surface area (Å²) in [5.74, 6) is 1.89. The molecule has 0 aromatic carbocycles. The van der Waals surface area contributed by atoms with E-state index in [1.54, 1.807) is 11.3 Å². The molecular weight excluding hydrogens is 280 g/mol. The topological polar surface area (TPSA) is 41.1 Å². The van der Waals surface area contributed by atoms with Gasteiger partial charge in [-0.3, -0.25) is 4.90 Å². The van der Waals surface area contributed by atoms with Crippen LogP contribution in [0.3, 0.4) is 0 Å². The number of hydrogen-bond donors (Lipinski definition) is 1. The first-order valence-corrected chi connectivity index (χ1v) is 8.59. The molecule has 0 amide bonds. The van der Waals surface area contributed by atoms with Gasteiger partial charge in [0.1, 0.15) is 16.5 Å². The number of nitrogens with one attached hydrogen (secondary N) is 1. The summed E-state index contributed by atoms with van der Waals surface area (Å²) < 4.78 is 0. The van der Waals surface area contributed by atoms with Crippen LogP contribution in [-0.2, 0) is 6.54 Å². The quantitative estimate of drug-likeness (QED) is 0.840. The predicted molar refractivity (Wildman–Crippen MR) is 92.3 cm³/mol. The van der Waals surface area contributed by atoms with Crippen LogP contribution in [0.1, 0.15) is 43.0 Å². The van der Waals surface area contributed by atoms with Crippen LogP contribution in [0.25, 0.3) is 10.2 Å². The van der Waals surface area contributed by atoms with Gasteiger partial charge in [-0.1, -0.05) is 13.8 Å². The molecule has 0 aliphatic carbocycles. The molecule has 0 atom stereocenters. The number of thiophene rings is 1. The molecule has 2 aromatic heterocycles. The summed E-state index contributed by atoms with van der Waals surface area (Å²) in [6, 6.07) is 0. The van der Waals surface area contributed by atoms with Gasteiger partial charge in [-0.15, -0.1) is 11.3 Å². The molecule has 2 aromatic rings. The second-order valence-electron chi connectivity index (χ2n) is 5.48. The van der Waals surface area contributed by atoms with Crippen molar-refractivity contribution < 1.29 is 0 Å². The van der Waals surface area contributed by atoms with Crippen LogP contribution in [0.15, 0.2) is 0 Å². The number of aromatic nitrogens is 2. The molecule has 21 heavy (non-hydrogen) atoms. The Balaban J connectivity index is 2.36. The molecular formula is C16H26N4S. The molecule has 0 radical (unpaired) electrons. The van der Waals surface area contributed by atoms with Crippen LogP contribution in [-0.4, -0.2) is 35.0 Å². The van der Waals surface area contributed by atoms with Crippen LogP contribution in [0.5, 0.6) is 0 Å². The number of fused-ring (bicyclic) bond motifs is 1. The maximum atomic E-state index is 4.80. The first kappa shape index (κ1) is 16.2.